The number of methoxy groups -OCH3 is 1. The van der Waals surface area contributed by atoms with Crippen molar-refractivity contribution in [3.8, 4) is 5.88 Å². The number of ether oxygens (including phenoxy) is 1. The number of hydrogen-bond acceptors (Lipinski definition) is 5. The molecule has 1 aliphatic carbocycles. The van der Waals surface area contributed by atoms with Crippen LogP contribution in [-0.2, 0) is 6.42 Å². The van der Waals surface area contributed by atoms with Crippen LogP contribution in [0.2, 0.25) is 0 Å². The quantitative estimate of drug-likeness (QED) is 0.607. The molecule has 0 radical (unpaired) electrons. The first kappa shape index (κ1) is 18.4. The topological polar surface area (TPSA) is 64.1 Å². The molecule has 0 saturated carbocycles. The summed E-state index contributed by atoms with van der Waals surface area (Å²) in [7, 11) is 1.59. The lowest BCUT2D eigenvalue weighted by molar-refractivity contribution is 0.0982. The van der Waals surface area contributed by atoms with E-state index in [1.54, 1.807) is 19.5 Å². The Labute approximate surface area is 165 Å². The zero-order valence-corrected chi connectivity index (χ0v) is 16.4. The molecule has 3 aromatic rings. The van der Waals surface area contributed by atoms with E-state index >= 15 is 0 Å². The normalized spacial score (nSPS) is 15.9. The Morgan fingerprint density at radius 1 is 1.25 bits per heavy atom. The largest absolute Gasteiger partial charge is 0.479 e. The third-order valence-corrected chi connectivity index (χ3v) is 5.41. The average Bonchev–Trinajstić information content (AvgIpc) is 2.74. The van der Waals surface area contributed by atoms with Crippen molar-refractivity contribution in [3.63, 3.8) is 0 Å². The van der Waals surface area contributed by atoms with Crippen molar-refractivity contribution < 1.29 is 9.53 Å². The minimum atomic E-state index is 0.110. The van der Waals surface area contributed by atoms with Crippen LogP contribution in [0.4, 0.5) is 5.69 Å². The minimum absolute atomic E-state index is 0.110. The van der Waals surface area contributed by atoms with E-state index < -0.39 is 0 Å². The zero-order chi connectivity index (χ0) is 19.5. The summed E-state index contributed by atoms with van der Waals surface area (Å²) in [5, 5.41) is 4.57. The first-order valence-electron chi connectivity index (χ1n) is 9.92. The molecule has 0 spiro atoms. The number of hydrogen-bond donors (Lipinski definition) is 1. The molecule has 0 saturated heterocycles. The van der Waals surface area contributed by atoms with Gasteiger partial charge < -0.3 is 10.1 Å². The molecule has 28 heavy (non-hydrogen) atoms. The predicted octanol–water partition coefficient (Wildman–Crippen LogP) is 5.11. The molecular weight excluding hydrogens is 350 g/mol. The van der Waals surface area contributed by atoms with Crippen LogP contribution >= 0.6 is 0 Å². The Balaban J connectivity index is 1.84. The van der Waals surface area contributed by atoms with Crippen molar-refractivity contribution in [1.29, 1.82) is 0 Å². The van der Waals surface area contributed by atoms with E-state index in [-0.39, 0.29) is 11.8 Å². The molecule has 2 aromatic heterocycles. The van der Waals surface area contributed by atoms with Gasteiger partial charge in [-0.1, -0.05) is 31.2 Å². The van der Waals surface area contributed by atoms with Crippen LogP contribution in [0.15, 0.2) is 42.7 Å². The molecule has 5 nitrogen and oxygen atoms in total. The van der Waals surface area contributed by atoms with Crippen LogP contribution in [0.3, 0.4) is 0 Å². The number of carbonyl (C=O) groups excluding carboxylic acids is 1. The summed E-state index contributed by atoms with van der Waals surface area (Å²) in [5.74, 6) is 0.582. The van der Waals surface area contributed by atoms with E-state index in [4.69, 9.17) is 4.74 Å². The molecule has 0 aliphatic heterocycles. The van der Waals surface area contributed by atoms with Gasteiger partial charge in [0.1, 0.15) is 5.52 Å². The Bertz CT molecular complexity index is 1020. The Kier molecular flexibility index (Phi) is 5.24. The van der Waals surface area contributed by atoms with Crippen molar-refractivity contribution in [2.24, 2.45) is 0 Å². The van der Waals surface area contributed by atoms with Gasteiger partial charge in [-0.2, -0.15) is 0 Å². The highest BCUT2D eigenvalue weighted by molar-refractivity contribution is 6.08. The maximum absolute atomic E-state index is 12.8. The number of nitrogens with zero attached hydrogens (tertiary/aromatic N) is 2. The summed E-state index contributed by atoms with van der Waals surface area (Å²) >= 11 is 0. The molecule has 1 atom stereocenters. The fraction of sp³-hybridized carbons (Fsp3) is 0.348. The third-order valence-electron chi connectivity index (χ3n) is 5.41. The van der Waals surface area contributed by atoms with Gasteiger partial charge in [0.15, 0.2) is 5.78 Å². The first-order valence-corrected chi connectivity index (χ1v) is 9.92. The summed E-state index contributed by atoms with van der Waals surface area (Å²) in [6, 6.07) is 10.6. The first-order chi connectivity index (χ1) is 13.7. The Morgan fingerprint density at radius 2 is 2.11 bits per heavy atom. The van der Waals surface area contributed by atoms with Gasteiger partial charge in [-0.25, -0.2) is 9.97 Å². The maximum Gasteiger partial charge on any atom is 0.240 e. The van der Waals surface area contributed by atoms with Crippen LogP contribution in [0, 0.1) is 0 Å². The fourth-order valence-electron chi connectivity index (χ4n) is 4.06. The summed E-state index contributed by atoms with van der Waals surface area (Å²) in [4.78, 5) is 21.6. The fourth-order valence-corrected chi connectivity index (χ4v) is 4.06. The molecule has 0 bridgehead atoms. The highest BCUT2D eigenvalue weighted by atomic mass is 16.5. The lowest BCUT2D eigenvalue weighted by atomic mass is 9.87. The molecule has 0 amide bonds. The molecule has 1 N–H and O–H groups in total. The van der Waals surface area contributed by atoms with Gasteiger partial charge >= 0.3 is 0 Å². The van der Waals surface area contributed by atoms with Gasteiger partial charge in [0.2, 0.25) is 5.88 Å². The van der Waals surface area contributed by atoms with Crippen molar-refractivity contribution >= 4 is 22.4 Å². The number of anilines is 1. The van der Waals surface area contributed by atoms with Crippen molar-refractivity contribution in [1.82, 2.24) is 9.97 Å². The molecule has 1 unspecified atom stereocenters. The maximum atomic E-state index is 12.8. The number of aryl methyl sites for hydroxylation is 1. The second kappa shape index (κ2) is 7.97. The molecule has 2 heterocycles. The van der Waals surface area contributed by atoms with Crippen molar-refractivity contribution in [2.45, 2.75) is 45.1 Å². The van der Waals surface area contributed by atoms with Gasteiger partial charge in [-0.15, -0.1) is 0 Å². The Morgan fingerprint density at radius 3 is 2.93 bits per heavy atom. The minimum Gasteiger partial charge on any atom is -0.479 e. The van der Waals surface area contributed by atoms with Crippen LogP contribution < -0.4 is 10.1 Å². The second-order valence-electron chi connectivity index (χ2n) is 7.22. The van der Waals surface area contributed by atoms with Crippen LogP contribution in [0.5, 0.6) is 5.88 Å². The SMILES string of the molecule is CCCC(=O)c1cnc2c(OC)nccc2c1NC1CCCc2ccccc21. The zero-order valence-electron chi connectivity index (χ0n) is 16.4. The smallest absolute Gasteiger partial charge is 0.240 e. The van der Waals surface area contributed by atoms with E-state index in [1.165, 1.54) is 11.1 Å². The van der Waals surface area contributed by atoms with Crippen LogP contribution in [0.25, 0.3) is 10.9 Å². The number of benzene rings is 1. The van der Waals surface area contributed by atoms with Gasteiger partial charge in [0.05, 0.1) is 24.4 Å². The summed E-state index contributed by atoms with van der Waals surface area (Å²) in [5.41, 5.74) is 4.85. The highest BCUT2D eigenvalue weighted by Gasteiger charge is 2.24. The molecule has 144 valence electrons. The predicted molar refractivity (Wildman–Crippen MR) is 111 cm³/mol. The van der Waals surface area contributed by atoms with Crippen LogP contribution in [-0.4, -0.2) is 22.9 Å². The van der Waals surface area contributed by atoms with Gasteiger partial charge in [-0.3, -0.25) is 4.79 Å². The molecule has 1 aromatic carbocycles. The van der Waals surface area contributed by atoms with Gasteiger partial charge in [0.25, 0.3) is 0 Å². The number of Topliss-reactive ketones (excluding diaryl/α,β-unsaturated/α-hetero) is 1. The number of pyridine rings is 2. The van der Waals surface area contributed by atoms with Crippen LogP contribution in [0.1, 0.15) is 60.1 Å². The summed E-state index contributed by atoms with van der Waals surface area (Å²) in [6.45, 7) is 2.02. The molecule has 5 heteroatoms. The standard InChI is InChI=1S/C23H25N3O2/c1-3-7-20(27)18-14-25-22-17(12-13-24-23(22)28-2)21(18)26-19-11-6-9-15-8-4-5-10-16(15)19/h4-5,8,10,12-14,19H,3,6-7,9,11H2,1-2H3,(H,25,26). The average molecular weight is 375 g/mol. The lowest BCUT2D eigenvalue weighted by Crippen LogP contribution is -2.19. The number of aromatic nitrogens is 2. The molecule has 1 aliphatic rings. The monoisotopic (exact) mass is 375 g/mol. The number of fused-ring (bicyclic) bond motifs is 2. The summed E-state index contributed by atoms with van der Waals surface area (Å²) < 4.78 is 5.39. The second-order valence-corrected chi connectivity index (χ2v) is 7.22. The summed E-state index contributed by atoms with van der Waals surface area (Å²) in [6.07, 6.45) is 7.95. The van der Waals surface area contributed by atoms with Gasteiger partial charge in [-0.05, 0) is 42.9 Å². The van der Waals surface area contributed by atoms with Crippen molar-refractivity contribution in [3.05, 3.63) is 59.4 Å². The van der Waals surface area contributed by atoms with E-state index in [0.29, 0.717) is 23.4 Å². The number of nitrogens with one attached hydrogen (secondary N) is 1. The number of ketones is 1. The van der Waals surface area contributed by atoms with E-state index in [9.17, 15) is 4.79 Å². The number of rotatable bonds is 6. The molecule has 0 fully saturated rings. The molecule has 4 rings (SSSR count). The molecular formula is C23H25N3O2. The number of carbonyl (C=O) groups is 1. The third kappa shape index (κ3) is 3.33. The van der Waals surface area contributed by atoms with Crippen molar-refractivity contribution in [2.75, 3.05) is 12.4 Å². The van der Waals surface area contributed by atoms with Gasteiger partial charge in [0, 0.05) is 24.2 Å². The van der Waals surface area contributed by atoms with E-state index in [2.05, 4.69) is 39.6 Å². The lowest BCUT2D eigenvalue weighted by Gasteiger charge is -2.28. The van der Waals surface area contributed by atoms with E-state index in [0.717, 1.165) is 36.8 Å². The Hall–Kier alpha value is -2.95. The highest BCUT2D eigenvalue weighted by Crippen LogP contribution is 2.37. The van der Waals surface area contributed by atoms with E-state index in [1.807, 2.05) is 13.0 Å².